The van der Waals surface area contributed by atoms with E-state index in [0.717, 1.165) is 17.4 Å². The Morgan fingerprint density at radius 3 is 1.56 bits per heavy atom. The Morgan fingerprint density at radius 2 is 1.15 bits per heavy atom. The van der Waals surface area contributed by atoms with Crippen LogP contribution in [0, 0.1) is 27.7 Å². The molecule has 59 heavy (non-hydrogen) atoms. The molecule has 6 aromatic rings. The fourth-order valence-corrected chi connectivity index (χ4v) is 6.78. The SMILES string of the molecule is Cc1ccccc1-n1nc(C)c(C=Nc2cc(CS(=O)[O-])ccc2C(=O)O)c1O.Cc1ccccc1-n1nc(C)c(C=Nc2cc(S(C)(=O)=O)ccc2C(=O)O)c1O.[Co]. The third kappa shape index (κ3) is 10.6. The predicted octanol–water partition coefficient (Wildman–Crippen LogP) is 6.07. The van der Waals surface area contributed by atoms with Gasteiger partial charge in [0, 0.05) is 41.2 Å². The molecular weight excluding hydrogens is 848 g/mol. The van der Waals surface area contributed by atoms with Gasteiger partial charge in [-0.2, -0.15) is 10.2 Å². The van der Waals surface area contributed by atoms with Gasteiger partial charge in [0.15, 0.2) is 9.84 Å². The minimum Gasteiger partial charge on any atom is -0.772 e. The number of aromatic carboxylic acids is 2. The van der Waals surface area contributed by atoms with Gasteiger partial charge in [-0.05, 0) is 86.8 Å². The topological polar surface area (TPSA) is 250 Å². The van der Waals surface area contributed by atoms with E-state index in [0.29, 0.717) is 39.5 Å². The van der Waals surface area contributed by atoms with Gasteiger partial charge in [0.25, 0.3) is 0 Å². The van der Waals surface area contributed by atoms with Crippen molar-refractivity contribution in [3.8, 4) is 23.1 Å². The molecule has 309 valence electrons. The zero-order chi connectivity index (χ0) is 42.5. The van der Waals surface area contributed by atoms with Crippen molar-refractivity contribution in [3.05, 3.63) is 135 Å². The number of carboxylic acid groups (broad SMARTS) is 2. The number of para-hydroxylation sites is 2. The quantitative estimate of drug-likeness (QED) is 0.0856. The van der Waals surface area contributed by atoms with E-state index in [1.807, 2.05) is 56.3 Å². The molecule has 2 aromatic heterocycles. The largest absolute Gasteiger partial charge is 0.772 e. The number of aliphatic imine (C=N–C) groups is 2. The predicted molar refractivity (Wildman–Crippen MR) is 216 cm³/mol. The molecule has 1 radical (unpaired) electrons. The zero-order valence-corrected chi connectivity index (χ0v) is 34.7. The molecule has 1 atom stereocenters. The van der Waals surface area contributed by atoms with E-state index in [1.165, 1.54) is 58.2 Å². The van der Waals surface area contributed by atoms with Gasteiger partial charge < -0.3 is 25.0 Å². The fraction of sp³-hybridized carbons (Fsp3) is 0.150. The van der Waals surface area contributed by atoms with Gasteiger partial charge in [-0.25, -0.2) is 27.4 Å². The Balaban J connectivity index is 0.000000256. The number of carbonyl (C=O) groups is 2. The first-order valence-corrected chi connectivity index (χ1v) is 20.3. The number of aromatic hydroxyl groups is 2. The minimum atomic E-state index is -3.54. The molecule has 16 nitrogen and oxygen atoms in total. The second kappa shape index (κ2) is 19.0. The maximum Gasteiger partial charge on any atom is 0.337 e. The monoisotopic (exact) mass is 884 g/mol. The number of benzene rings is 4. The van der Waals surface area contributed by atoms with Crippen LogP contribution >= 0.6 is 0 Å². The molecule has 0 saturated carbocycles. The molecule has 4 aromatic carbocycles. The van der Waals surface area contributed by atoms with Crippen molar-refractivity contribution in [2.24, 2.45) is 9.98 Å². The molecule has 0 spiro atoms. The first-order valence-electron chi connectivity index (χ1n) is 17.1. The second-order valence-electron chi connectivity index (χ2n) is 12.9. The Morgan fingerprint density at radius 1 is 0.729 bits per heavy atom. The van der Waals surface area contributed by atoms with Crippen LogP contribution in [0.4, 0.5) is 11.4 Å². The summed E-state index contributed by atoms with van der Waals surface area (Å²) in [5.74, 6) is -2.97. The van der Waals surface area contributed by atoms with Crippen LogP contribution in [0.5, 0.6) is 11.8 Å². The molecule has 2 heterocycles. The van der Waals surface area contributed by atoms with Gasteiger partial charge in [-0.1, -0.05) is 53.5 Å². The summed E-state index contributed by atoms with van der Waals surface area (Å²) in [6.45, 7) is 7.16. The van der Waals surface area contributed by atoms with Crippen molar-refractivity contribution in [2.75, 3.05) is 6.26 Å². The Hall–Kier alpha value is -6.25. The number of sulfone groups is 1. The molecule has 4 N–H and O–H groups in total. The van der Waals surface area contributed by atoms with Gasteiger partial charge >= 0.3 is 11.9 Å². The van der Waals surface area contributed by atoms with E-state index in [2.05, 4.69) is 20.2 Å². The smallest absolute Gasteiger partial charge is 0.337 e. The van der Waals surface area contributed by atoms with Crippen molar-refractivity contribution in [1.29, 1.82) is 0 Å². The van der Waals surface area contributed by atoms with Gasteiger partial charge in [0.1, 0.15) is 0 Å². The van der Waals surface area contributed by atoms with Crippen LogP contribution in [-0.2, 0) is 43.4 Å². The van der Waals surface area contributed by atoms with Crippen LogP contribution < -0.4 is 0 Å². The van der Waals surface area contributed by atoms with Crippen molar-refractivity contribution in [3.63, 3.8) is 0 Å². The van der Waals surface area contributed by atoms with E-state index in [1.54, 1.807) is 19.9 Å². The number of aryl methyl sites for hydroxylation is 4. The van der Waals surface area contributed by atoms with Gasteiger partial charge in [-0.15, -0.1) is 0 Å². The fourth-order valence-electron chi connectivity index (χ4n) is 5.68. The summed E-state index contributed by atoms with van der Waals surface area (Å²) >= 11 is -2.31. The zero-order valence-electron chi connectivity index (χ0n) is 32.0. The van der Waals surface area contributed by atoms with E-state index >= 15 is 0 Å². The van der Waals surface area contributed by atoms with Gasteiger partial charge in [0.2, 0.25) is 11.8 Å². The maximum absolute atomic E-state index is 11.8. The van der Waals surface area contributed by atoms with Crippen LogP contribution in [0.15, 0.2) is 99.8 Å². The number of nitrogens with zero attached hydrogens (tertiary/aromatic N) is 6. The third-order valence-electron chi connectivity index (χ3n) is 8.72. The summed E-state index contributed by atoms with van der Waals surface area (Å²) in [7, 11) is -3.54. The number of hydrogen-bond acceptors (Lipinski definition) is 12. The molecular formula is C40H37CoN6O10S2-. The summed E-state index contributed by atoms with van der Waals surface area (Å²) in [6, 6.07) is 22.5. The molecule has 1 unspecified atom stereocenters. The Labute approximate surface area is 351 Å². The van der Waals surface area contributed by atoms with E-state index in [-0.39, 0.29) is 61.7 Å². The number of aromatic nitrogens is 4. The first kappa shape index (κ1) is 45.4. The van der Waals surface area contributed by atoms with Crippen molar-refractivity contribution in [1.82, 2.24) is 19.6 Å². The van der Waals surface area contributed by atoms with E-state index in [4.69, 9.17) is 0 Å². The average Bonchev–Trinajstić information content (AvgIpc) is 3.60. The maximum atomic E-state index is 11.8. The molecule has 6 rings (SSSR count). The van der Waals surface area contributed by atoms with Crippen LogP contribution in [0.1, 0.15) is 59.9 Å². The molecule has 0 saturated heterocycles. The summed E-state index contributed by atoms with van der Waals surface area (Å²) in [5, 5.41) is 48.7. The normalized spacial score (nSPS) is 11.9. The molecule has 0 amide bonds. The van der Waals surface area contributed by atoms with E-state index < -0.39 is 32.9 Å². The number of rotatable bonds is 11. The van der Waals surface area contributed by atoms with Crippen LogP contribution in [0.3, 0.4) is 0 Å². The van der Waals surface area contributed by atoms with Gasteiger partial charge in [0.05, 0.1) is 61.3 Å². The van der Waals surface area contributed by atoms with Crippen LogP contribution in [0.2, 0.25) is 0 Å². The van der Waals surface area contributed by atoms with Crippen LogP contribution in [0.25, 0.3) is 11.4 Å². The Bertz CT molecular complexity index is 2760. The molecule has 0 aliphatic rings. The van der Waals surface area contributed by atoms with E-state index in [9.17, 15) is 47.2 Å². The molecule has 0 aliphatic heterocycles. The summed E-state index contributed by atoms with van der Waals surface area (Å²) in [5.41, 5.74) is 5.06. The number of hydrogen-bond donors (Lipinski definition) is 4. The molecule has 19 heteroatoms. The summed E-state index contributed by atoms with van der Waals surface area (Å²) in [6.07, 6.45) is 3.63. The number of carboxylic acids is 2. The molecule has 0 bridgehead atoms. The van der Waals surface area contributed by atoms with Crippen molar-refractivity contribution >= 4 is 56.7 Å². The van der Waals surface area contributed by atoms with Crippen molar-refractivity contribution in [2.45, 2.75) is 38.3 Å². The first-order chi connectivity index (χ1) is 27.4. The molecule has 0 fully saturated rings. The summed E-state index contributed by atoms with van der Waals surface area (Å²) < 4.78 is 48.2. The molecule has 0 aliphatic carbocycles. The standard InChI is InChI=1S/2C20H19N3O5S.Co/c1-12-6-4-5-7-18(12)23-19(24)16(13(2)22-23)11-21-17-10-14(29(3,27)28)8-9-15(17)20(25)26;1-12-5-3-4-6-18(12)23-19(24)16(13(2)22-23)10-21-17-9-14(11-29(27)28)7-8-15(17)20(25)26;/h4-11,24H,1-3H3,(H,25,26);3-10,24H,11H2,1-2H3,(H,25,26)(H,27,28);/p-1. The average molecular weight is 885 g/mol. The van der Waals surface area contributed by atoms with Gasteiger partial charge in [-0.3, -0.25) is 14.2 Å². The summed E-state index contributed by atoms with van der Waals surface area (Å²) in [4.78, 5) is 31.2. The van der Waals surface area contributed by atoms with Crippen LogP contribution in [-0.4, -0.2) is 87.8 Å². The Kier molecular flexibility index (Phi) is 14.6. The van der Waals surface area contributed by atoms with Crippen molar-refractivity contribution < 1.29 is 64.0 Å². The minimum absolute atomic E-state index is 0. The third-order valence-corrected chi connectivity index (χ3v) is 10.4. The second-order valence-corrected chi connectivity index (χ2v) is 15.8.